The van der Waals surface area contributed by atoms with Crippen LogP contribution in [0.3, 0.4) is 0 Å². The van der Waals surface area contributed by atoms with E-state index in [-0.39, 0.29) is 0 Å². The third-order valence-corrected chi connectivity index (χ3v) is 3.17. The highest BCUT2D eigenvalue weighted by Gasteiger charge is 2.14. The number of rotatable bonds is 3. The van der Waals surface area contributed by atoms with Gasteiger partial charge in [-0.1, -0.05) is 6.07 Å². The summed E-state index contributed by atoms with van der Waals surface area (Å²) >= 11 is 0. The lowest BCUT2D eigenvalue weighted by Crippen LogP contribution is -2.36. The van der Waals surface area contributed by atoms with Crippen molar-refractivity contribution >= 4 is 5.82 Å². The molecule has 0 fully saturated rings. The first-order valence-electron chi connectivity index (χ1n) is 5.72. The summed E-state index contributed by atoms with van der Waals surface area (Å²) in [5, 5.41) is 0. The maximum atomic E-state index is 5.65. The number of fused-ring (bicyclic) bond motifs is 1. The van der Waals surface area contributed by atoms with Crippen molar-refractivity contribution in [1.82, 2.24) is 4.98 Å². The predicted octanol–water partition coefficient (Wildman–Crippen LogP) is 0.938. The van der Waals surface area contributed by atoms with Crippen LogP contribution in [-0.2, 0) is 17.8 Å². The number of hydrogen-bond acceptors (Lipinski definition) is 4. The third-order valence-electron chi connectivity index (χ3n) is 3.17. The lowest BCUT2D eigenvalue weighted by molar-refractivity contribution is 0.107. The molecule has 16 heavy (non-hydrogen) atoms. The van der Waals surface area contributed by atoms with Crippen LogP contribution in [0, 0.1) is 0 Å². The number of nitrogens with two attached hydrogens (primary N) is 1. The van der Waals surface area contributed by atoms with Crippen molar-refractivity contribution in [3.05, 3.63) is 23.4 Å². The van der Waals surface area contributed by atoms with Gasteiger partial charge in [0.25, 0.3) is 0 Å². The zero-order valence-corrected chi connectivity index (χ0v) is 9.94. The van der Waals surface area contributed by atoms with Gasteiger partial charge in [0.15, 0.2) is 0 Å². The third kappa shape index (κ3) is 2.18. The van der Waals surface area contributed by atoms with Gasteiger partial charge in [-0.2, -0.15) is 0 Å². The SMILES string of the molecule is CC(CN)N(C)c1ccc2c(n1)COCC2. The lowest BCUT2D eigenvalue weighted by Gasteiger charge is -2.26. The molecule has 2 rings (SSSR count). The Balaban J connectivity index is 2.22. The standard InChI is InChI=1S/C12H19N3O/c1-9(7-13)15(2)12-4-3-10-5-6-16-8-11(10)14-12/h3-4,9H,5-8,13H2,1-2H3. The van der Waals surface area contributed by atoms with Crippen molar-refractivity contribution < 1.29 is 4.74 Å². The summed E-state index contributed by atoms with van der Waals surface area (Å²) in [6, 6.07) is 4.52. The molecule has 1 aliphatic rings. The molecule has 1 aromatic rings. The molecule has 0 spiro atoms. The number of likely N-dealkylation sites (N-methyl/N-ethyl adjacent to an activating group) is 1. The van der Waals surface area contributed by atoms with Gasteiger partial charge in [0.1, 0.15) is 5.82 Å². The zero-order valence-electron chi connectivity index (χ0n) is 9.94. The summed E-state index contributed by atoms with van der Waals surface area (Å²) in [6.07, 6.45) is 0.971. The molecule has 0 radical (unpaired) electrons. The van der Waals surface area contributed by atoms with Crippen LogP contribution >= 0.6 is 0 Å². The van der Waals surface area contributed by atoms with Crippen LogP contribution in [0.2, 0.25) is 0 Å². The van der Waals surface area contributed by atoms with Gasteiger partial charge >= 0.3 is 0 Å². The molecule has 0 aliphatic carbocycles. The fourth-order valence-electron chi connectivity index (χ4n) is 1.80. The molecule has 1 atom stereocenters. The highest BCUT2D eigenvalue weighted by atomic mass is 16.5. The first-order valence-corrected chi connectivity index (χ1v) is 5.72. The van der Waals surface area contributed by atoms with Gasteiger partial charge in [-0.25, -0.2) is 4.98 Å². The van der Waals surface area contributed by atoms with Crippen molar-refractivity contribution in [2.45, 2.75) is 26.0 Å². The summed E-state index contributed by atoms with van der Waals surface area (Å²) in [5.41, 5.74) is 8.03. The van der Waals surface area contributed by atoms with Gasteiger partial charge in [-0.05, 0) is 25.0 Å². The number of ether oxygens (including phenoxy) is 1. The molecule has 1 aliphatic heterocycles. The van der Waals surface area contributed by atoms with Crippen molar-refractivity contribution in [1.29, 1.82) is 0 Å². The van der Waals surface area contributed by atoms with E-state index in [1.54, 1.807) is 0 Å². The van der Waals surface area contributed by atoms with Crippen LogP contribution < -0.4 is 10.6 Å². The maximum absolute atomic E-state index is 5.65. The van der Waals surface area contributed by atoms with Crippen LogP contribution in [0.5, 0.6) is 0 Å². The van der Waals surface area contributed by atoms with Gasteiger partial charge in [0, 0.05) is 19.6 Å². The second-order valence-corrected chi connectivity index (χ2v) is 4.27. The summed E-state index contributed by atoms with van der Waals surface area (Å²) in [7, 11) is 2.02. The van der Waals surface area contributed by atoms with E-state index in [1.807, 2.05) is 7.05 Å². The van der Waals surface area contributed by atoms with Crippen LogP contribution in [0.25, 0.3) is 0 Å². The van der Waals surface area contributed by atoms with E-state index in [0.717, 1.165) is 24.5 Å². The van der Waals surface area contributed by atoms with Crippen molar-refractivity contribution in [3.8, 4) is 0 Å². The van der Waals surface area contributed by atoms with E-state index in [0.29, 0.717) is 19.2 Å². The molecule has 0 aromatic carbocycles. The van der Waals surface area contributed by atoms with Crippen LogP contribution in [0.15, 0.2) is 12.1 Å². The molecule has 4 heteroatoms. The zero-order chi connectivity index (χ0) is 11.5. The Bertz CT molecular complexity index is 367. The Morgan fingerprint density at radius 3 is 3.12 bits per heavy atom. The Morgan fingerprint density at radius 2 is 2.38 bits per heavy atom. The summed E-state index contributed by atoms with van der Waals surface area (Å²) in [5.74, 6) is 0.974. The van der Waals surface area contributed by atoms with Crippen LogP contribution in [0.1, 0.15) is 18.2 Å². The van der Waals surface area contributed by atoms with Gasteiger partial charge in [0.05, 0.1) is 18.9 Å². The van der Waals surface area contributed by atoms with E-state index in [9.17, 15) is 0 Å². The van der Waals surface area contributed by atoms with E-state index in [1.165, 1.54) is 5.56 Å². The Hall–Kier alpha value is -1.13. The lowest BCUT2D eigenvalue weighted by atomic mass is 10.1. The molecular formula is C12H19N3O. The van der Waals surface area contributed by atoms with Gasteiger partial charge < -0.3 is 15.4 Å². The summed E-state index contributed by atoms with van der Waals surface area (Å²) in [4.78, 5) is 6.73. The summed E-state index contributed by atoms with van der Waals surface area (Å²) in [6.45, 7) is 4.17. The van der Waals surface area contributed by atoms with Crippen molar-refractivity contribution in [2.24, 2.45) is 5.73 Å². The van der Waals surface area contributed by atoms with Gasteiger partial charge in [-0.3, -0.25) is 0 Å². The van der Waals surface area contributed by atoms with Crippen molar-refractivity contribution in [2.75, 3.05) is 25.1 Å². The molecule has 2 N–H and O–H groups in total. The second kappa shape index (κ2) is 4.80. The van der Waals surface area contributed by atoms with Crippen molar-refractivity contribution in [3.63, 3.8) is 0 Å². The molecule has 4 nitrogen and oxygen atoms in total. The number of pyridine rings is 1. The minimum Gasteiger partial charge on any atom is -0.375 e. The molecule has 1 aromatic heterocycles. The van der Waals surface area contributed by atoms with E-state index in [2.05, 4.69) is 28.9 Å². The molecule has 0 amide bonds. The largest absolute Gasteiger partial charge is 0.375 e. The average molecular weight is 221 g/mol. The fourth-order valence-corrected chi connectivity index (χ4v) is 1.80. The Labute approximate surface area is 96.4 Å². The highest BCUT2D eigenvalue weighted by molar-refractivity contribution is 5.42. The molecule has 0 saturated heterocycles. The first kappa shape index (κ1) is 11.4. The summed E-state index contributed by atoms with van der Waals surface area (Å²) < 4.78 is 5.41. The van der Waals surface area contributed by atoms with E-state index in [4.69, 9.17) is 10.5 Å². The van der Waals surface area contributed by atoms with Gasteiger partial charge in [-0.15, -0.1) is 0 Å². The second-order valence-electron chi connectivity index (χ2n) is 4.27. The predicted molar refractivity (Wildman–Crippen MR) is 64.5 cm³/mol. The highest BCUT2D eigenvalue weighted by Crippen LogP contribution is 2.19. The molecule has 0 bridgehead atoms. The quantitative estimate of drug-likeness (QED) is 0.825. The Morgan fingerprint density at radius 1 is 1.56 bits per heavy atom. The number of hydrogen-bond donors (Lipinski definition) is 1. The molecule has 88 valence electrons. The smallest absolute Gasteiger partial charge is 0.128 e. The molecule has 0 saturated carbocycles. The number of nitrogens with zero attached hydrogens (tertiary/aromatic N) is 2. The Kier molecular flexibility index (Phi) is 3.41. The minimum atomic E-state index is 0.301. The monoisotopic (exact) mass is 221 g/mol. The number of aromatic nitrogens is 1. The van der Waals surface area contributed by atoms with E-state index >= 15 is 0 Å². The fraction of sp³-hybridized carbons (Fsp3) is 0.583. The van der Waals surface area contributed by atoms with Crippen LogP contribution in [0.4, 0.5) is 5.82 Å². The number of anilines is 1. The average Bonchev–Trinajstić information content (AvgIpc) is 2.36. The molecule has 1 unspecified atom stereocenters. The molecule has 2 heterocycles. The minimum absolute atomic E-state index is 0.301. The normalized spacial score (nSPS) is 16.7. The van der Waals surface area contributed by atoms with Crippen LogP contribution in [-0.4, -0.2) is 31.2 Å². The maximum Gasteiger partial charge on any atom is 0.128 e. The molecular weight excluding hydrogens is 202 g/mol. The topological polar surface area (TPSA) is 51.4 Å². The van der Waals surface area contributed by atoms with E-state index < -0.39 is 0 Å². The first-order chi connectivity index (χ1) is 7.72. The van der Waals surface area contributed by atoms with Gasteiger partial charge in [0.2, 0.25) is 0 Å².